The minimum absolute atomic E-state index is 0.0376. The first-order valence-electron chi connectivity index (χ1n) is 5.55. The second-order valence-electron chi connectivity index (χ2n) is 3.99. The van der Waals surface area contributed by atoms with Gasteiger partial charge in [0.05, 0.1) is 6.42 Å². The van der Waals surface area contributed by atoms with Gasteiger partial charge in [-0.15, -0.1) is 0 Å². The number of benzene rings is 2. The van der Waals surface area contributed by atoms with Gasteiger partial charge < -0.3 is 10.2 Å². The molecule has 0 saturated heterocycles. The summed E-state index contributed by atoms with van der Waals surface area (Å²) in [5.74, 6) is -1.11. The highest BCUT2D eigenvalue weighted by Crippen LogP contribution is 2.28. The lowest BCUT2D eigenvalue weighted by Crippen LogP contribution is -2.04. The molecule has 0 bridgehead atoms. The molecule has 0 spiro atoms. The number of phenolic OH excluding ortho intramolecular Hbond substituents is 1. The van der Waals surface area contributed by atoms with Gasteiger partial charge in [0.15, 0.2) is 5.78 Å². The van der Waals surface area contributed by atoms with Crippen molar-refractivity contribution in [3.8, 4) is 5.75 Å². The van der Waals surface area contributed by atoms with Crippen LogP contribution in [0.4, 0.5) is 0 Å². The number of fused-ring (bicyclic) bond motifs is 1. The van der Waals surface area contributed by atoms with Crippen molar-refractivity contribution in [2.45, 2.75) is 12.8 Å². The fourth-order valence-electron chi connectivity index (χ4n) is 1.88. The first-order chi connectivity index (χ1) is 8.59. The maximum absolute atomic E-state index is 11.9. The van der Waals surface area contributed by atoms with Crippen molar-refractivity contribution in [2.24, 2.45) is 0 Å². The molecule has 2 rings (SSSR count). The van der Waals surface area contributed by atoms with Gasteiger partial charge in [-0.1, -0.05) is 24.3 Å². The number of phenols is 1. The maximum Gasteiger partial charge on any atom is 0.303 e. The molecule has 0 amide bonds. The summed E-state index contributed by atoms with van der Waals surface area (Å²) in [4.78, 5) is 22.4. The van der Waals surface area contributed by atoms with Gasteiger partial charge in [-0.25, -0.2) is 0 Å². The van der Waals surface area contributed by atoms with Crippen LogP contribution in [0.3, 0.4) is 0 Å². The van der Waals surface area contributed by atoms with Crippen LogP contribution in [-0.4, -0.2) is 22.0 Å². The molecule has 2 aromatic rings. The number of aromatic hydroxyl groups is 1. The van der Waals surface area contributed by atoms with Crippen LogP contribution in [0, 0.1) is 0 Å². The van der Waals surface area contributed by atoms with E-state index < -0.39 is 5.97 Å². The molecule has 4 nitrogen and oxygen atoms in total. The molecule has 2 aromatic carbocycles. The highest BCUT2D eigenvalue weighted by atomic mass is 16.4. The van der Waals surface area contributed by atoms with E-state index in [9.17, 15) is 14.7 Å². The van der Waals surface area contributed by atoms with E-state index in [-0.39, 0.29) is 24.4 Å². The third-order valence-corrected chi connectivity index (χ3v) is 2.77. The largest absolute Gasteiger partial charge is 0.507 e. The number of aliphatic carboxylic acids is 1. The van der Waals surface area contributed by atoms with Gasteiger partial charge in [-0.05, 0) is 17.5 Å². The Bertz CT molecular complexity index is 616. The molecular weight excluding hydrogens is 232 g/mol. The predicted octanol–water partition coefficient (Wildman–Crippen LogP) is 2.59. The maximum atomic E-state index is 11.9. The standard InChI is InChI=1S/C14H12O4/c15-12-6-5-11(13(16)7-8-14(17)18)9-3-1-2-4-10(9)12/h1-6,15H,7-8H2,(H,17,18). The van der Waals surface area contributed by atoms with Crippen molar-refractivity contribution in [2.75, 3.05) is 0 Å². The molecule has 0 fully saturated rings. The van der Waals surface area contributed by atoms with Crippen LogP contribution in [0.15, 0.2) is 36.4 Å². The Morgan fingerprint density at radius 2 is 1.61 bits per heavy atom. The normalized spacial score (nSPS) is 10.4. The van der Waals surface area contributed by atoms with Crippen molar-refractivity contribution in [1.82, 2.24) is 0 Å². The molecule has 0 aliphatic heterocycles. The van der Waals surface area contributed by atoms with Gasteiger partial charge in [0.2, 0.25) is 0 Å². The van der Waals surface area contributed by atoms with E-state index in [1.165, 1.54) is 12.1 Å². The summed E-state index contributed by atoms with van der Waals surface area (Å²) in [5, 5.41) is 19.5. The first-order valence-corrected chi connectivity index (χ1v) is 5.55. The number of carbonyl (C=O) groups excluding carboxylic acids is 1. The Morgan fingerprint density at radius 3 is 2.28 bits per heavy atom. The number of carboxylic acids is 1. The van der Waals surface area contributed by atoms with Crippen LogP contribution < -0.4 is 0 Å². The monoisotopic (exact) mass is 244 g/mol. The fraction of sp³-hybridized carbons (Fsp3) is 0.143. The molecule has 0 heterocycles. The van der Waals surface area contributed by atoms with E-state index >= 15 is 0 Å². The summed E-state index contributed by atoms with van der Waals surface area (Å²) < 4.78 is 0. The SMILES string of the molecule is O=C(O)CCC(=O)c1ccc(O)c2ccccc12. The summed E-state index contributed by atoms with van der Waals surface area (Å²) in [6.07, 6.45) is -0.224. The summed E-state index contributed by atoms with van der Waals surface area (Å²) in [5.41, 5.74) is 0.449. The topological polar surface area (TPSA) is 74.6 Å². The number of carboxylic acid groups (broad SMARTS) is 1. The summed E-state index contributed by atoms with van der Waals surface area (Å²) >= 11 is 0. The van der Waals surface area contributed by atoms with Gasteiger partial charge in [0, 0.05) is 17.4 Å². The zero-order valence-corrected chi connectivity index (χ0v) is 9.59. The average molecular weight is 244 g/mol. The average Bonchev–Trinajstić information content (AvgIpc) is 2.37. The molecule has 2 N–H and O–H groups in total. The van der Waals surface area contributed by atoms with Crippen molar-refractivity contribution in [3.05, 3.63) is 42.0 Å². The lowest BCUT2D eigenvalue weighted by molar-refractivity contribution is -0.136. The van der Waals surface area contributed by atoms with Gasteiger partial charge >= 0.3 is 5.97 Å². The third-order valence-electron chi connectivity index (χ3n) is 2.77. The van der Waals surface area contributed by atoms with Crippen molar-refractivity contribution >= 4 is 22.5 Å². The zero-order valence-electron chi connectivity index (χ0n) is 9.59. The number of hydrogen-bond donors (Lipinski definition) is 2. The number of Topliss-reactive ketones (excluding diaryl/α,β-unsaturated/α-hetero) is 1. The van der Waals surface area contributed by atoms with E-state index in [2.05, 4.69) is 0 Å². The van der Waals surface area contributed by atoms with Gasteiger partial charge in [-0.3, -0.25) is 9.59 Å². The third kappa shape index (κ3) is 2.32. The van der Waals surface area contributed by atoms with Crippen LogP contribution in [0.25, 0.3) is 10.8 Å². The molecule has 0 aromatic heterocycles. The van der Waals surface area contributed by atoms with Crippen LogP contribution >= 0.6 is 0 Å². The molecule has 92 valence electrons. The fourth-order valence-corrected chi connectivity index (χ4v) is 1.88. The Labute approximate surface area is 103 Å². The van der Waals surface area contributed by atoms with Gasteiger partial charge in [0.25, 0.3) is 0 Å². The van der Waals surface area contributed by atoms with Gasteiger partial charge in [0.1, 0.15) is 5.75 Å². The van der Waals surface area contributed by atoms with Crippen molar-refractivity contribution < 1.29 is 19.8 Å². The van der Waals surface area contributed by atoms with Crippen LogP contribution in [0.1, 0.15) is 23.2 Å². The first kappa shape index (κ1) is 12.1. The minimum Gasteiger partial charge on any atom is -0.507 e. The highest BCUT2D eigenvalue weighted by Gasteiger charge is 2.13. The number of ketones is 1. The van der Waals surface area contributed by atoms with E-state index in [1.807, 2.05) is 0 Å². The molecule has 18 heavy (non-hydrogen) atoms. The number of rotatable bonds is 4. The minimum atomic E-state index is -0.994. The Balaban J connectivity index is 2.42. The molecular formula is C14H12O4. The highest BCUT2D eigenvalue weighted by molar-refractivity contribution is 6.09. The van der Waals surface area contributed by atoms with E-state index in [0.717, 1.165) is 0 Å². The molecule has 0 aliphatic carbocycles. The van der Waals surface area contributed by atoms with E-state index in [1.54, 1.807) is 24.3 Å². The number of carbonyl (C=O) groups is 2. The quantitative estimate of drug-likeness (QED) is 0.810. The van der Waals surface area contributed by atoms with Crippen molar-refractivity contribution in [3.63, 3.8) is 0 Å². The van der Waals surface area contributed by atoms with Crippen molar-refractivity contribution in [1.29, 1.82) is 0 Å². The summed E-state index contributed by atoms with van der Waals surface area (Å²) in [7, 11) is 0. The summed E-state index contributed by atoms with van der Waals surface area (Å²) in [6, 6.07) is 9.99. The number of hydrogen-bond acceptors (Lipinski definition) is 3. The smallest absolute Gasteiger partial charge is 0.303 e. The molecule has 4 heteroatoms. The second-order valence-corrected chi connectivity index (χ2v) is 3.99. The lowest BCUT2D eigenvalue weighted by atomic mass is 9.98. The Hall–Kier alpha value is -2.36. The molecule has 0 atom stereocenters. The summed E-state index contributed by atoms with van der Waals surface area (Å²) in [6.45, 7) is 0. The Kier molecular flexibility index (Phi) is 3.28. The van der Waals surface area contributed by atoms with Gasteiger partial charge in [-0.2, -0.15) is 0 Å². The molecule has 0 aliphatic rings. The van der Waals surface area contributed by atoms with E-state index in [4.69, 9.17) is 5.11 Å². The Morgan fingerprint density at radius 1 is 0.944 bits per heavy atom. The lowest BCUT2D eigenvalue weighted by Gasteiger charge is -2.06. The zero-order chi connectivity index (χ0) is 13.1. The molecule has 0 saturated carbocycles. The van der Waals surface area contributed by atoms with Crippen LogP contribution in [0.5, 0.6) is 5.75 Å². The van der Waals surface area contributed by atoms with E-state index in [0.29, 0.717) is 16.3 Å². The van der Waals surface area contributed by atoms with Crippen LogP contribution in [0.2, 0.25) is 0 Å². The predicted molar refractivity (Wildman–Crippen MR) is 66.8 cm³/mol. The second kappa shape index (κ2) is 4.87. The molecule has 0 unspecified atom stereocenters. The molecule has 0 radical (unpaired) electrons. The van der Waals surface area contributed by atoms with Crippen LogP contribution in [-0.2, 0) is 4.79 Å².